The van der Waals surface area contributed by atoms with Crippen molar-refractivity contribution >= 4 is 23.4 Å². The van der Waals surface area contributed by atoms with E-state index in [0.29, 0.717) is 40.5 Å². The number of hydrogen-bond acceptors (Lipinski definition) is 6. The Hall–Kier alpha value is -5.31. The van der Waals surface area contributed by atoms with E-state index in [-0.39, 0.29) is 5.84 Å². The molecule has 0 fully saturated rings. The smallest absolute Gasteiger partial charge is 0.330 e. The summed E-state index contributed by atoms with van der Waals surface area (Å²) in [6.07, 6.45) is 0. The number of rotatable bonds is 12. The van der Waals surface area contributed by atoms with Crippen LogP contribution in [0.4, 0.5) is 5.69 Å². The fourth-order valence-electron chi connectivity index (χ4n) is 4.09. The minimum atomic E-state index is -1.26. The average molecular weight is 539 g/mol. The summed E-state index contributed by atoms with van der Waals surface area (Å²) in [5, 5.41) is 23.3. The number of aliphatic carboxylic acids is 1. The van der Waals surface area contributed by atoms with Gasteiger partial charge in [-0.1, -0.05) is 66.7 Å². The number of carboxylic acid groups (broad SMARTS) is 1. The molecule has 9 nitrogen and oxygen atoms in total. The molecule has 4 aromatic rings. The number of nitrogens with two attached hydrogens (primary N) is 1. The number of carbonyl (C=O) groups excluding carboxylic acids is 1. The predicted molar refractivity (Wildman–Crippen MR) is 153 cm³/mol. The average Bonchev–Trinajstić information content (AvgIpc) is 2.98. The molecule has 1 amide bonds. The molecule has 0 aromatic heterocycles. The van der Waals surface area contributed by atoms with Gasteiger partial charge in [0, 0.05) is 11.3 Å². The summed E-state index contributed by atoms with van der Waals surface area (Å²) < 4.78 is 11.5. The maximum atomic E-state index is 13.6. The number of anilines is 1. The third-order valence-corrected chi connectivity index (χ3v) is 6.19. The Kier molecular flexibility index (Phi) is 8.99. The van der Waals surface area contributed by atoms with Crippen LogP contribution in [0.25, 0.3) is 0 Å². The van der Waals surface area contributed by atoms with Crippen molar-refractivity contribution in [2.45, 2.75) is 18.7 Å². The number of carboxylic acids is 1. The van der Waals surface area contributed by atoms with Gasteiger partial charge in [0.15, 0.2) is 17.5 Å². The molecule has 0 saturated carbocycles. The first-order valence-electron chi connectivity index (χ1n) is 12.5. The maximum Gasteiger partial charge on any atom is 0.330 e. The Balaban J connectivity index is 1.64. The van der Waals surface area contributed by atoms with Gasteiger partial charge in [0.1, 0.15) is 18.5 Å². The highest BCUT2D eigenvalue weighted by Crippen LogP contribution is 2.33. The Labute approximate surface area is 232 Å². The Morgan fingerprint density at radius 3 is 2.10 bits per heavy atom. The van der Waals surface area contributed by atoms with Gasteiger partial charge in [-0.2, -0.15) is 0 Å². The third kappa shape index (κ3) is 6.96. The highest BCUT2D eigenvalue weighted by Gasteiger charge is 2.28. The largest absolute Gasteiger partial charge is 0.493 e. The van der Waals surface area contributed by atoms with Gasteiger partial charge in [-0.3, -0.25) is 10.2 Å². The molecule has 2 atom stereocenters. The van der Waals surface area contributed by atoms with E-state index in [1.807, 2.05) is 30.3 Å². The number of nitrogens with one attached hydrogen (secondary N) is 3. The van der Waals surface area contributed by atoms with Crippen molar-refractivity contribution in [2.24, 2.45) is 5.73 Å². The van der Waals surface area contributed by atoms with Gasteiger partial charge in [0.25, 0.3) is 0 Å². The van der Waals surface area contributed by atoms with Crippen LogP contribution in [0.2, 0.25) is 0 Å². The van der Waals surface area contributed by atoms with Crippen molar-refractivity contribution in [2.75, 3.05) is 12.4 Å². The van der Waals surface area contributed by atoms with Crippen LogP contribution >= 0.6 is 0 Å². The molecule has 0 bridgehead atoms. The SMILES string of the molecule is COc1cc([C@H](Nc2ccc(C(=N)N)cc2)C(=O)N[C@H](C(=O)O)c2ccccc2)ccc1OCc1ccccc1. The van der Waals surface area contributed by atoms with Crippen LogP contribution in [0.15, 0.2) is 103 Å². The number of methoxy groups -OCH3 is 1. The topological polar surface area (TPSA) is 147 Å². The van der Waals surface area contributed by atoms with Crippen molar-refractivity contribution in [1.82, 2.24) is 5.32 Å². The van der Waals surface area contributed by atoms with Gasteiger partial charge in [-0.05, 0) is 53.1 Å². The minimum Gasteiger partial charge on any atom is -0.493 e. The van der Waals surface area contributed by atoms with Gasteiger partial charge in [-0.15, -0.1) is 0 Å². The van der Waals surface area contributed by atoms with Crippen molar-refractivity contribution in [1.29, 1.82) is 5.41 Å². The molecule has 0 aliphatic heterocycles. The van der Waals surface area contributed by atoms with Gasteiger partial charge in [0.2, 0.25) is 5.91 Å². The molecule has 0 saturated heterocycles. The second-order valence-electron chi connectivity index (χ2n) is 8.94. The first-order valence-corrected chi connectivity index (χ1v) is 12.5. The predicted octanol–water partition coefficient (Wildman–Crippen LogP) is 4.65. The van der Waals surface area contributed by atoms with E-state index in [4.69, 9.17) is 20.6 Å². The molecule has 204 valence electrons. The molecule has 40 heavy (non-hydrogen) atoms. The van der Waals surface area contributed by atoms with E-state index < -0.39 is 24.0 Å². The molecule has 0 radical (unpaired) electrons. The molecule has 0 aliphatic carbocycles. The van der Waals surface area contributed by atoms with Crippen LogP contribution in [-0.4, -0.2) is 29.9 Å². The van der Waals surface area contributed by atoms with Crippen molar-refractivity contribution in [3.8, 4) is 11.5 Å². The number of benzene rings is 4. The zero-order chi connectivity index (χ0) is 28.5. The number of amidine groups is 1. The van der Waals surface area contributed by atoms with Crippen LogP contribution in [0.1, 0.15) is 34.3 Å². The fraction of sp³-hybridized carbons (Fsp3) is 0.129. The molecule has 0 aliphatic rings. The van der Waals surface area contributed by atoms with Gasteiger partial charge >= 0.3 is 5.97 Å². The van der Waals surface area contributed by atoms with Gasteiger partial charge in [-0.25, -0.2) is 4.79 Å². The monoisotopic (exact) mass is 538 g/mol. The standard InChI is InChI=1S/C31H30N4O5/c1-39-26-18-23(14-17-25(26)40-19-20-8-4-2-5-9-20)27(34-24-15-12-22(13-16-24)29(32)33)30(36)35-28(31(37)38)21-10-6-3-7-11-21/h2-18,27-28,34H,19H2,1H3,(H3,32,33)(H,35,36)(H,37,38)/t27-,28-/m0/s1. The second kappa shape index (κ2) is 13.0. The zero-order valence-electron chi connectivity index (χ0n) is 21.8. The van der Waals surface area contributed by atoms with Crippen LogP contribution in [0.5, 0.6) is 11.5 Å². The van der Waals surface area contributed by atoms with Crippen LogP contribution in [0.3, 0.4) is 0 Å². The molecule has 0 spiro atoms. The van der Waals surface area contributed by atoms with Crippen molar-refractivity contribution in [3.05, 3.63) is 125 Å². The molecular weight excluding hydrogens is 508 g/mol. The second-order valence-corrected chi connectivity index (χ2v) is 8.94. The highest BCUT2D eigenvalue weighted by molar-refractivity contribution is 5.95. The lowest BCUT2D eigenvalue weighted by atomic mass is 10.0. The van der Waals surface area contributed by atoms with E-state index in [1.54, 1.807) is 72.8 Å². The van der Waals surface area contributed by atoms with Gasteiger partial charge < -0.3 is 30.9 Å². The van der Waals surface area contributed by atoms with Crippen LogP contribution in [-0.2, 0) is 16.2 Å². The minimum absolute atomic E-state index is 0.0798. The summed E-state index contributed by atoms with van der Waals surface area (Å²) in [4.78, 5) is 25.7. The van der Waals surface area contributed by atoms with E-state index in [1.165, 1.54) is 7.11 Å². The molecule has 0 heterocycles. The fourth-order valence-corrected chi connectivity index (χ4v) is 4.09. The Morgan fingerprint density at radius 2 is 1.50 bits per heavy atom. The van der Waals surface area contributed by atoms with E-state index in [9.17, 15) is 14.7 Å². The number of hydrogen-bond donors (Lipinski definition) is 5. The van der Waals surface area contributed by atoms with Crippen molar-refractivity contribution in [3.63, 3.8) is 0 Å². The molecule has 6 N–H and O–H groups in total. The maximum absolute atomic E-state index is 13.6. The zero-order valence-corrected chi connectivity index (χ0v) is 21.8. The van der Waals surface area contributed by atoms with E-state index >= 15 is 0 Å². The molecule has 4 rings (SSSR count). The molecule has 0 unspecified atom stereocenters. The third-order valence-electron chi connectivity index (χ3n) is 6.19. The van der Waals surface area contributed by atoms with Crippen LogP contribution < -0.4 is 25.8 Å². The van der Waals surface area contributed by atoms with Crippen LogP contribution in [0, 0.1) is 5.41 Å². The molecule has 9 heteroatoms. The summed E-state index contributed by atoms with van der Waals surface area (Å²) >= 11 is 0. The number of nitrogen functional groups attached to an aromatic ring is 1. The van der Waals surface area contributed by atoms with Crippen molar-refractivity contribution < 1.29 is 24.2 Å². The van der Waals surface area contributed by atoms with Gasteiger partial charge in [0.05, 0.1) is 7.11 Å². The molecule has 4 aromatic carbocycles. The number of ether oxygens (including phenoxy) is 2. The number of amides is 1. The quantitative estimate of drug-likeness (QED) is 0.130. The van der Waals surface area contributed by atoms with E-state index in [2.05, 4.69) is 10.6 Å². The Morgan fingerprint density at radius 1 is 0.850 bits per heavy atom. The highest BCUT2D eigenvalue weighted by atomic mass is 16.5. The molecular formula is C31H30N4O5. The normalized spacial score (nSPS) is 12.0. The summed E-state index contributed by atoms with van der Waals surface area (Å²) in [7, 11) is 1.51. The lowest BCUT2D eigenvalue weighted by Crippen LogP contribution is -2.39. The van der Waals surface area contributed by atoms with E-state index in [0.717, 1.165) is 5.56 Å². The summed E-state index contributed by atoms with van der Waals surface area (Å²) in [5.74, 6) is -0.923. The lowest BCUT2D eigenvalue weighted by Gasteiger charge is -2.24. The summed E-state index contributed by atoms with van der Waals surface area (Å²) in [6, 6.07) is 27.7. The summed E-state index contributed by atoms with van der Waals surface area (Å²) in [6.45, 7) is 0.332. The Bertz CT molecular complexity index is 1460. The lowest BCUT2D eigenvalue weighted by molar-refractivity contribution is -0.142. The first-order chi connectivity index (χ1) is 19.4. The first kappa shape index (κ1) is 27.7. The number of carbonyl (C=O) groups is 2. The summed E-state index contributed by atoms with van der Waals surface area (Å²) in [5.41, 5.74) is 8.62.